The first-order chi connectivity index (χ1) is 7.99. The quantitative estimate of drug-likeness (QED) is 0.711. The van der Waals surface area contributed by atoms with Crippen molar-refractivity contribution in [2.75, 3.05) is 6.54 Å². The van der Waals surface area contributed by atoms with Crippen LogP contribution in [0.2, 0.25) is 0 Å². The van der Waals surface area contributed by atoms with Crippen molar-refractivity contribution < 1.29 is 4.79 Å². The van der Waals surface area contributed by atoms with Crippen molar-refractivity contribution in [3.8, 4) is 0 Å². The van der Waals surface area contributed by atoms with Gasteiger partial charge in [-0.3, -0.25) is 4.79 Å². The van der Waals surface area contributed by atoms with Gasteiger partial charge in [0.15, 0.2) is 0 Å². The van der Waals surface area contributed by atoms with Gasteiger partial charge < -0.3 is 10.6 Å². The average molecular weight is 242 g/mol. The van der Waals surface area contributed by atoms with Crippen molar-refractivity contribution in [2.45, 2.75) is 72.4 Å². The summed E-state index contributed by atoms with van der Waals surface area (Å²) in [6.45, 7) is 11.3. The van der Waals surface area contributed by atoms with Crippen LogP contribution < -0.4 is 5.73 Å². The van der Waals surface area contributed by atoms with Crippen LogP contribution in [0.3, 0.4) is 0 Å². The second kappa shape index (κ2) is 8.51. The molecule has 3 atom stereocenters. The summed E-state index contributed by atoms with van der Waals surface area (Å²) in [5, 5.41) is 0. The van der Waals surface area contributed by atoms with Crippen LogP contribution in [0.1, 0.15) is 60.3 Å². The van der Waals surface area contributed by atoms with Crippen LogP contribution >= 0.6 is 0 Å². The van der Waals surface area contributed by atoms with Gasteiger partial charge in [-0.1, -0.05) is 40.5 Å². The molecule has 0 spiro atoms. The number of unbranched alkanes of at least 4 members (excludes halogenated alkanes) is 1. The van der Waals surface area contributed by atoms with E-state index in [-0.39, 0.29) is 17.9 Å². The standard InChI is InChI=1S/C14H30N2O/c1-6-9-10-16(12(5)8-3)14(17)13(15)11(4)7-2/h11-13H,6-10,15H2,1-5H3. The van der Waals surface area contributed by atoms with Gasteiger partial charge in [-0.05, 0) is 25.7 Å². The predicted molar refractivity (Wildman–Crippen MR) is 73.8 cm³/mol. The summed E-state index contributed by atoms with van der Waals surface area (Å²) in [4.78, 5) is 14.3. The van der Waals surface area contributed by atoms with Crippen molar-refractivity contribution in [3.05, 3.63) is 0 Å². The van der Waals surface area contributed by atoms with Crippen LogP contribution in [0.15, 0.2) is 0 Å². The molecule has 3 unspecified atom stereocenters. The van der Waals surface area contributed by atoms with Gasteiger partial charge in [-0.15, -0.1) is 0 Å². The van der Waals surface area contributed by atoms with E-state index >= 15 is 0 Å². The van der Waals surface area contributed by atoms with Crippen molar-refractivity contribution in [3.63, 3.8) is 0 Å². The van der Waals surface area contributed by atoms with Crippen LogP contribution in [0.5, 0.6) is 0 Å². The monoisotopic (exact) mass is 242 g/mol. The van der Waals surface area contributed by atoms with Gasteiger partial charge in [0, 0.05) is 12.6 Å². The summed E-state index contributed by atoms with van der Waals surface area (Å²) < 4.78 is 0. The van der Waals surface area contributed by atoms with Crippen LogP contribution in [0.25, 0.3) is 0 Å². The highest BCUT2D eigenvalue weighted by molar-refractivity contribution is 5.82. The minimum Gasteiger partial charge on any atom is -0.339 e. The molecule has 0 saturated heterocycles. The molecule has 0 saturated carbocycles. The first-order valence-corrected chi connectivity index (χ1v) is 7.05. The number of rotatable bonds is 8. The van der Waals surface area contributed by atoms with Crippen molar-refractivity contribution in [1.82, 2.24) is 4.90 Å². The fourth-order valence-corrected chi connectivity index (χ4v) is 1.79. The summed E-state index contributed by atoms with van der Waals surface area (Å²) in [5.41, 5.74) is 6.05. The van der Waals surface area contributed by atoms with E-state index in [9.17, 15) is 4.79 Å². The molecule has 0 aromatic heterocycles. The van der Waals surface area contributed by atoms with Crippen molar-refractivity contribution in [1.29, 1.82) is 0 Å². The molecule has 0 bridgehead atoms. The lowest BCUT2D eigenvalue weighted by molar-refractivity contribution is -0.136. The molecule has 0 heterocycles. The van der Waals surface area contributed by atoms with E-state index in [1.807, 2.05) is 4.90 Å². The number of carbonyl (C=O) groups is 1. The fourth-order valence-electron chi connectivity index (χ4n) is 1.79. The van der Waals surface area contributed by atoms with Gasteiger partial charge in [0.25, 0.3) is 0 Å². The zero-order valence-corrected chi connectivity index (χ0v) is 12.2. The third kappa shape index (κ3) is 5.07. The van der Waals surface area contributed by atoms with E-state index in [4.69, 9.17) is 5.73 Å². The van der Waals surface area contributed by atoms with E-state index in [1.165, 1.54) is 0 Å². The Kier molecular flexibility index (Phi) is 8.23. The maximum Gasteiger partial charge on any atom is 0.239 e. The Morgan fingerprint density at radius 1 is 1.18 bits per heavy atom. The summed E-state index contributed by atoms with van der Waals surface area (Å²) in [6.07, 6.45) is 4.11. The highest BCUT2D eigenvalue weighted by atomic mass is 16.2. The van der Waals surface area contributed by atoms with E-state index in [1.54, 1.807) is 0 Å². The summed E-state index contributed by atoms with van der Waals surface area (Å²) >= 11 is 0. The van der Waals surface area contributed by atoms with E-state index < -0.39 is 0 Å². The second-order valence-corrected chi connectivity index (χ2v) is 5.05. The predicted octanol–water partition coefficient (Wildman–Crippen LogP) is 2.79. The summed E-state index contributed by atoms with van der Waals surface area (Å²) in [7, 11) is 0. The fraction of sp³-hybridized carbons (Fsp3) is 0.929. The molecule has 0 fully saturated rings. The summed E-state index contributed by atoms with van der Waals surface area (Å²) in [6, 6.07) is -0.0463. The number of hydrogen-bond donors (Lipinski definition) is 1. The summed E-state index contributed by atoms with van der Waals surface area (Å²) in [5.74, 6) is 0.387. The molecular weight excluding hydrogens is 212 g/mol. The molecule has 3 heteroatoms. The molecule has 2 N–H and O–H groups in total. The Bertz CT molecular complexity index is 218. The molecule has 0 aliphatic rings. The van der Waals surface area contributed by atoms with Crippen LogP contribution in [-0.2, 0) is 4.79 Å². The molecule has 17 heavy (non-hydrogen) atoms. The molecule has 0 aliphatic carbocycles. The van der Waals surface area contributed by atoms with Gasteiger partial charge >= 0.3 is 0 Å². The van der Waals surface area contributed by atoms with Crippen LogP contribution in [0, 0.1) is 5.92 Å². The first kappa shape index (κ1) is 16.4. The Morgan fingerprint density at radius 2 is 1.76 bits per heavy atom. The Morgan fingerprint density at radius 3 is 2.18 bits per heavy atom. The maximum atomic E-state index is 12.4. The Hall–Kier alpha value is -0.570. The highest BCUT2D eigenvalue weighted by Gasteiger charge is 2.26. The molecular formula is C14H30N2O. The molecule has 0 aliphatic heterocycles. The van der Waals surface area contributed by atoms with Gasteiger partial charge in [-0.25, -0.2) is 0 Å². The smallest absolute Gasteiger partial charge is 0.239 e. The van der Waals surface area contributed by atoms with Gasteiger partial charge in [0.1, 0.15) is 0 Å². The zero-order valence-electron chi connectivity index (χ0n) is 12.2. The number of nitrogens with two attached hydrogens (primary N) is 1. The molecule has 0 aromatic carbocycles. The molecule has 3 nitrogen and oxygen atoms in total. The maximum absolute atomic E-state index is 12.4. The number of amides is 1. The van der Waals surface area contributed by atoms with E-state index in [2.05, 4.69) is 34.6 Å². The minimum atomic E-state index is -0.342. The van der Waals surface area contributed by atoms with E-state index in [0.717, 1.165) is 32.2 Å². The normalized spacial score (nSPS) is 16.4. The Balaban J connectivity index is 4.61. The van der Waals surface area contributed by atoms with Crippen LogP contribution in [-0.4, -0.2) is 29.4 Å². The van der Waals surface area contributed by atoms with Gasteiger partial charge in [-0.2, -0.15) is 0 Å². The highest BCUT2D eigenvalue weighted by Crippen LogP contribution is 2.13. The number of nitrogens with zero attached hydrogens (tertiary/aromatic N) is 1. The third-order valence-corrected chi connectivity index (χ3v) is 3.70. The zero-order chi connectivity index (χ0) is 13.4. The average Bonchev–Trinajstić information content (AvgIpc) is 2.36. The molecule has 1 amide bonds. The van der Waals surface area contributed by atoms with Gasteiger partial charge in [0.2, 0.25) is 5.91 Å². The Labute approximate surface area is 107 Å². The lowest BCUT2D eigenvalue weighted by Crippen LogP contribution is -2.50. The molecule has 0 rings (SSSR count). The minimum absolute atomic E-state index is 0.127. The lowest BCUT2D eigenvalue weighted by Gasteiger charge is -2.32. The molecule has 102 valence electrons. The number of carbonyl (C=O) groups excluding carboxylic acids is 1. The second-order valence-electron chi connectivity index (χ2n) is 5.05. The topological polar surface area (TPSA) is 46.3 Å². The molecule has 0 aromatic rings. The number of hydrogen-bond acceptors (Lipinski definition) is 2. The third-order valence-electron chi connectivity index (χ3n) is 3.70. The first-order valence-electron chi connectivity index (χ1n) is 7.05. The van der Waals surface area contributed by atoms with Crippen LogP contribution in [0.4, 0.5) is 0 Å². The van der Waals surface area contributed by atoms with Crippen molar-refractivity contribution in [2.24, 2.45) is 11.7 Å². The van der Waals surface area contributed by atoms with E-state index in [0.29, 0.717) is 6.04 Å². The largest absolute Gasteiger partial charge is 0.339 e. The SMILES string of the molecule is CCCCN(C(=O)C(N)C(C)CC)C(C)CC. The lowest BCUT2D eigenvalue weighted by atomic mass is 9.98. The van der Waals surface area contributed by atoms with Gasteiger partial charge in [0.05, 0.1) is 6.04 Å². The molecule has 0 radical (unpaired) electrons. The van der Waals surface area contributed by atoms with Crippen molar-refractivity contribution >= 4 is 5.91 Å².